The second-order valence-corrected chi connectivity index (χ2v) is 8.20. The van der Waals surface area contributed by atoms with Crippen LogP contribution in [0.4, 0.5) is 0 Å². The average molecular weight is 696 g/mol. The molecule has 0 aliphatic heterocycles. The van der Waals surface area contributed by atoms with E-state index in [0.717, 1.165) is 0 Å². The number of hydrogen-bond acceptors (Lipinski definition) is 12. The Bertz CT molecular complexity index is 1490. The van der Waals surface area contributed by atoms with E-state index in [1.165, 1.54) is 99.4 Å². The Balaban J connectivity index is 0.000000421. The van der Waals surface area contributed by atoms with Crippen LogP contribution < -0.4 is 29.9 Å². The monoisotopic (exact) mass is 694 g/mol. The topological polar surface area (TPSA) is 201 Å². The number of nitrogens with zero attached hydrogens (tertiary/aromatic N) is 4. The van der Waals surface area contributed by atoms with Crippen molar-refractivity contribution in [3.63, 3.8) is 0 Å². The number of methoxy groups -OCH3 is 2. The van der Waals surface area contributed by atoms with Crippen molar-refractivity contribution < 1.29 is 74.3 Å². The Morgan fingerprint density at radius 2 is 0.932 bits per heavy atom. The van der Waals surface area contributed by atoms with Gasteiger partial charge < -0.3 is 40.1 Å². The van der Waals surface area contributed by atoms with Crippen molar-refractivity contribution >= 4 is 24.2 Å². The van der Waals surface area contributed by atoms with Crippen molar-refractivity contribution in [2.75, 3.05) is 14.2 Å². The maximum atomic E-state index is 11.7. The molecule has 0 aliphatic carbocycles. The van der Waals surface area contributed by atoms with Gasteiger partial charge in [0.1, 0.15) is 23.0 Å². The summed E-state index contributed by atoms with van der Waals surface area (Å²) in [7, 11) is 2.93. The molecule has 0 saturated carbocycles. The Kier molecular flexibility index (Phi) is 15.6. The maximum absolute atomic E-state index is 11.7. The summed E-state index contributed by atoms with van der Waals surface area (Å²) < 4.78 is 9.84. The molecule has 0 aliphatic rings. The van der Waals surface area contributed by atoms with Crippen LogP contribution in [0.1, 0.15) is 22.3 Å². The first-order valence-corrected chi connectivity index (χ1v) is 12.0. The summed E-state index contributed by atoms with van der Waals surface area (Å²) in [4.78, 5) is 0. The van der Waals surface area contributed by atoms with Crippen molar-refractivity contribution in [1.29, 1.82) is 0 Å². The average Bonchev–Trinajstić information content (AvgIpc) is 2.99. The van der Waals surface area contributed by atoms with E-state index in [1.807, 2.05) is 0 Å². The first-order chi connectivity index (χ1) is 20.2. The molecule has 4 aromatic carbocycles. The van der Waals surface area contributed by atoms with E-state index in [1.54, 1.807) is 12.1 Å². The van der Waals surface area contributed by atoms with E-state index in [-0.39, 0.29) is 57.1 Å². The molecule has 2 radical (unpaired) electrons. The summed E-state index contributed by atoms with van der Waals surface area (Å²) in [6.45, 7) is 0. The van der Waals surface area contributed by atoms with Crippen molar-refractivity contribution in [2.24, 2.45) is 20.4 Å². The van der Waals surface area contributed by atoms with Crippen LogP contribution in [0.15, 0.2) is 105 Å². The second kappa shape index (κ2) is 18.5. The summed E-state index contributed by atoms with van der Waals surface area (Å²) in [5.41, 5.74) is 1.19. The van der Waals surface area contributed by atoms with E-state index in [0.29, 0.717) is 33.8 Å². The normalized spacial score (nSPS) is 11.2. The van der Waals surface area contributed by atoms with Crippen LogP contribution in [0.3, 0.4) is 0 Å². The fraction of sp³-hybridized carbons (Fsp3) is 0.0667. The number of benzene rings is 4. The van der Waals surface area contributed by atoms with Crippen LogP contribution >= 0.6 is 0 Å². The first kappa shape index (κ1) is 37.0. The minimum absolute atomic E-state index is 0. The van der Waals surface area contributed by atoms with Crippen LogP contribution in [0.5, 0.6) is 34.5 Å². The molecule has 12 nitrogen and oxygen atoms in total. The molecule has 44 heavy (non-hydrogen) atoms. The molecule has 0 heterocycles. The molecule has 14 heteroatoms. The van der Waals surface area contributed by atoms with Crippen LogP contribution in [0.2, 0.25) is 0 Å². The van der Waals surface area contributed by atoms with Crippen LogP contribution in [0.25, 0.3) is 0 Å². The van der Waals surface area contributed by atoms with Crippen molar-refractivity contribution in [3.8, 4) is 34.5 Å². The van der Waals surface area contributed by atoms with Gasteiger partial charge in [0, 0.05) is 11.8 Å². The van der Waals surface area contributed by atoms with Gasteiger partial charge in [0.05, 0.1) is 26.6 Å². The molecule has 0 atom stereocenters. The molecule has 0 saturated heterocycles. The van der Waals surface area contributed by atoms with Gasteiger partial charge in [-0.05, 0) is 70.8 Å². The molecule has 0 fully saturated rings. The molecular weight excluding hydrogens is 671 g/mol. The van der Waals surface area contributed by atoms with E-state index < -0.39 is 11.8 Å². The zero-order valence-electron chi connectivity index (χ0n) is 23.0. The van der Waals surface area contributed by atoms with E-state index in [2.05, 4.69) is 20.4 Å². The Labute approximate surface area is 274 Å². The van der Waals surface area contributed by atoms with Crippen molar-refractivity contribution in [3.05, 3.63) is 107 Å². The molecule has 0 aromatic heterocycles. The third-order valence-corrected chi connectivity index (χ3v) is 5.36. The molecule has 4 rings (SSSR count). The Morgan fingerprint density at radius 1 is 0.591 bits per heavy atom. The van der Waals surface area contributed by atoms with Crippen molar-refractivity contribution in [1.82, 2.24) is 0 Å². The quantitative estimate of drug-likeness (QED) is 0.119. The van der Waals surface area contributed by atoms with Gasteiger partial charge in [0.25, 0.3) is 0 Å². The van der Waals surface area contributed by atoms with Gasteiger partial charge in [-0.15, -0.1) is 0 Å². The largest absolute Gasteiger partial charge is 2.00 e. The number of phenolic OH excluding ortho intramolecular Hbond substituents is 2. The van der Waals surface area contributed by atoms with Gasteiger partial charge in [-0.25, -0.2) is 0 Å². The molecular formula is C30H24Cu2N4O8. The van der Waals surface area contributed by atoms with Crippen LogP contribution in [-0.4, -0.2) is 48.7 Å². The third-order valence-electron chi connectivity index (χ3n) is 5.36. The number of phenols is 2. The van der Waals surface area contributed by atoms with Crippen LogP contribution in [-0.2, 0) is 34.1 Å². The molecule has 2 N–H and O–H groups in total. The molecule has 0 unspecified atom stereocenters. The summed E-state index contributed by atoms with van der Waals surface area (Å²) >= 11 is 0. The standard InChI is InChI=1S/2C15H14N2O4.2Cu/c2*1-21-13-7-4-11(14(19)8-13)9-16-17-15(20)10-2-5-12(18)6-3-10;;/h2*2-9,18-19H,1H3,(H,17,20);;/q;;2*+2/p-4/b2*16-9+;;. The summed E-state index contributed by atoms with van der Waals surface area (Å²) in [6, 6.07) is 20.2. The third kappa shape index (κ3) is 11.3. The summed E-state index contributed by atoms with van der Waals surface area (Å²) in [6.07, 6.45) is 2.42. The zero-order chi connectivity index (χ0) is 30.5. The van der Waals surface area contributed by atoms with Gasteiger partial charge in [-0.3, -0.25) is 0 Å². The first-order valence-electron chi connectivity index (χ1n) is 12.0. The number of aromatic hydroxyl groups is 2. The van der Waals surface area contributed by atoms with Crippen LogP contribution in [0, 0.1) is 0 Å². The minimum atomic E-state index is -0.563. The molecule has 0 bridgehead atoms. The molecule has 0 amide bonds. The van der Waals surface area contributed by atoms with Gasteiger partial charge in [-0.1, -0.05) is 47.9 Å². The van der Waals surface area contributed by atoms with E-state index >= 15 is 0 Å². The van der Waals surface area contributed by atoms with Gasteiger partial charge in [0.2, 0.25) is 0 Å². The van der Waals surface area contributed by atoms with E-state index in [9.17, 15) is 20.4 Å². The molecule has 234 valence electrons. The van der Waals surface area contributed by atoms with E-state index in [4.69, 9.17) is 19.7 Å². The summed E-state index contributed by atoms with van der Waals surface area (Å²) in [5, 5.41) is 79.1. The smallest absolute Gasteiger partial charge is 0.872 e. The summed E-state index contributed by atoms with van der Waals surface area (Å²) in [5.74, 6) is -0.646. The number of rotatable bonds is 8. The maximum Gasteiger partial charge on any atom is 2.00 e. The zero-order valence-corrected chi connectivity index (χ0v) is 24.9. The predicted molar refractivity (Wildman–Crippen MR) is 149 cm³/mol. The number of ether oxygens (including phenoxy) is 2. The van der Waals surface area contributed by atoms with Gasteiger partial charge in [0.15, 0.2) is 0 Å². The van der Waals surface area contributed by atoms with Gasteiger partial charge >= 0.3 is 34.1 Å². The Morgan fingerprint density at radius 3 is 1.23 bits per heavy atom. The van der Waals surface area contributed by atoms with Crippen molar-refractivity contribution in [2.45, 2.75) is 0 Å². The number of hydrogen-bond donors (Lipinski definition) is 2. The predicted octanol–water partition coefficient (Wildman–Crippen LogP) is 1.23. The molecule has 0 spiro atoms. The fourth-order valence-corrected chi connectivity index (χ4v) is 3.11. The SMILES string of the molecule is COc1ccc(/C=N/N=C(\[O-])c2ccc(O)cc2)c([O-])c1.COc1ccc(/C=N/N=C(\[O-])c2ccc(O)cc2)c([O-])c1.[Cu+2].[Cu+2]. The second-order valence-electron chi connectivity index (χ2n) is 8.20. The molecule has 4 aromatic rings. The minimum Gasteiger partial charge on any atom is -0.872 e. The van der Waals surface area contributed by atoms with Gasteiger partial charge in [-0.2, -0.15) is 20.4 Å². The Hall–Kier alpha value is -5.00. The fourth-order valence-electron chi connectivity index (χ4n) is 3.11.